The minimum atomic E-state index is -2.38. The largest absolute Gasteiger partial charge is 0.497 e. The Hall–Kier alpha value is -5.33. The molecular formula is C45H44ClN5O5Si. The van der Waals surface area contributed by atoms with Crippen molar-refractivity contribution >= 4 is 64.5 Å². The number of aryl methyl sites for hydroxylation is 1. The Morgan fingerprint density at radius 1 is 0.947 bits per heavy atom. The third kappa shape index (κ3) is 5.98. The van der Waals surface area contributed by atoms with Crippen LogP contribution in [0.2, 0.25) is 23.7 Å². The number of ether oxygens (including phenoxy) is 2. The number of fused-ring (bicyclic) bond motifs is 2. The number of aliphatic hydroxyl groups is 1. The smallest absolute Gasteiger partial charge is 0.264 e. The number of benzene rings is 5. The normalized spacial score (nSPS) is 21.3. The molecule has 3 aliphatic rings. The highest BCUT2D eigenvalue weighted by molar-refractivity contribution is 6.91. The molecule has 0 radical (unpaired) electrons. The molecule has 2 amide bonds. The summed E-state index contributed by atoms with van der Waals surface area (Å²) in [5.74, 6) is 0.390. The molecule has 5 aromatic carbocycles. The molecule has 1 spiro atoms. The fourth-order valence-corrected chi connectivity index (χ4v) is 14.0. The van der Waals surface area contributed by atoms with E-state index in [0.717, 1.165) is 50.4 Å². The maximum absolute atomic E-state index is 15.4. The van der Waals surface area contributed by atoms with Crippen molar-refractivity contribution in [2.24, 2.45) is 5.92 Å². The number of halogens is 1. The molecule has 10 nitrogen and oxygen atoms in total. The van der Waals surface area contributed by atoms with Crippen LogP contribution in [0.1, 0.15) is 40.5 Å². The van der Waals surface area contributed by atoms with E-state index in [1.165, 1.54) is 5.19 Å². The van der Waals surface area contributed by atoms with Crippen LogP contribution in [0, 0.1) is 5.92 Å². The van der Waals surface area contributed by atoms with Gasteiger partial charge in [-0.05, 0) is 77.5 Å². The number of carbonyl (C=O) groups is 2. The van der Waals surface area contributed by atoms with Gasteiger partial charge in [-0.3, -0.25) is 19.2 Å². The summed E-state index contributed by atoms with van der Waals surface area (Å²) in [5.41, 5.74) is 4.17. The first kappa shape index (κ1) is 37.3. The molecule has 57 heavy (non-hydrogen) atoms. The van der Waals surface area contributed by atoms with Crippen LogP contribution in [-0.4, -0.2) is 59.8 Å². The standard InChI is InChI=1S/C45H44ClN5O5Si/c1-28-42(57(3,4)35-17-15-34(55-2)16-18-35)40(20-22-49-27-32(21-23-52)47-48-49)56-45(28)37-25-31(46)14-19-38(37)50(44(45)54)26-29-8-5-11-33(24-29)51-39-13-7-10-30-9-6-12-36(41(30)39)43(51)53/h5-19,24-25,27-28,40,42,52H,20-23,26H2,1-4H3/t28-,40+,42-,45+/m0/s1. The second-order valence-corrected chi connectivity index (χ2v) is 21.1. The molecule has 0 saturated carbocycles. The number of aliphatic hydroxyl groups excluding tert-OH is 1. The number of aromatic nitrogens is 3. The fourth-order valence-electron chi connectivity index (χ4n) is 9.80. The number of amides is 2. The van der Waals surface area contributed by atoms with E-state index in [0.29, 0.717) is 30.0 Å². The second-order valence-electron chi connectivity index (χ2n) is 15.9. The van der Waals surface area contributed by atoms with E-state index in [1.54, 1.807) is 16.7 Å². The van der Waals surface area contributed by atoms with E-state index in [-0.39, 0.29) is 42.5 Å². The first-order valence-electron chi connectivity index (χ1n) is 19.4. The number of nitrogens with zero attached hydrogens (tertiary/aromatic N) is 5. The zero-order valence-electron chi connectivity index (χ0n) is 32.4. The quantitative estimate of drug-likeness (QED) is 0.134. The van der Waals surface area contributed by atoms with Crippen LogP contribution in [0.5, 0.6) is 5.75 Å². The van der Waals surface area contributed by atoms with Gasteiger partial charge in [0.1, 0.15) is 5.75 Å². The number of anilines is 3. The van der Waals surface area contributed by atoms with Crippen LogP contribution in [-0.2, 0) is 34.6 Å². The van der Waals surface area contributed by atoms with E-state index in [2.05, 4.69) is 42.5 Å². The van der Waals surface area contributed by atoms with Gasteiger partial charge in [0.25, 0.3) is 11.8 Å². The molecule has 1 aromatic heterocycles. The third-order valence-corrected chi connectivity index (χ3v) is 17.1. The Balaban J connectivity index is 1.08. The molecule has 4 atom stereocenters. The number of hydrogen-bond acceptors (Lipinski definition) is 7. The molecule has 6 aromatic rings. The van der Waals surface area contributed by atoms with E-state index in [1.807, 2.05) is 102 Å². The summed E-state index contributed by atoms with van der Waals surface area (Å²) >= 11 is 6.76. The molecule has 290 valence electrons. The van der Waals surface area contributed by atoms with Gasteiger partial charge < -0.3 is 19.5 Å². The van der Waals surface area contributed by atoms with Crippen molar-refractivity contribution < 1.29 is 24.2 Å². The van der Waals surface area contributed by atoms with Crippen LogP contribution in [0.3, 0.4) is 0 Å². The lowest BCUT2D eigenvalue weighted by molar-refractivity contribution is -0.146. The van der Waals surface area contributed by atoms with Gasteiger partial charge in [0.15, 0.2) is 5.60 Å². The molecule has 4 heterocycles. The topological polar surface area (TPSA) is 110 Å². The van der Waals surface area contributed by atoms with Gasteiger partial charge in [0, 0.05) is 53.3 Å². The highest BCUT2D eigenvalue weighted by Gasteiger charge is 2.66. The molecule has 0 aliphatic carbocycles. The van der Waals surface area contributed by atoms with Gasteiger partial charge in [-0.1, -0.05) is 90.5 Å². The third-order valence-electron chi connectivity index (χ3n) is 12.5. The molecule has 1 saturated heterocycles. The Morgan fingerprint density at radius 2 is 1.72 bits per heavy atom. The summed E-state index contributed by atoms with van der Waals surface area (Å²) in [4.78, 5) is 32.9. The highest BCUT2D eigenvalue weighted by atomic mass is 35.5. The van der Waals surface area contributed by atoms with Gasteiger partial charge in [-0.15, -0.1) is 5.10 Å². The highest BCUT2D eigenvalue weighted by Crippen LogP contribution is 2.60. The summed E-state index contributed by atoms with van der Waals surface area (Å²) in [6.45, 7) is 7.71. The lowest BCUT2D eigenvalue weighted by atomic mass is 9.82. The Kier molecular flexibility index (Phi) is 9.31. The maximum atomic E-state index is 15.4. The summed E-state index contributed by atoms with van der Waals surface area (Å²) in [6.07, 6.45) is 2.61. The Bertz CT molecular complexity index is 2540. The van der Waals surface area contributed by atoms with Crippen molar-refractivity contribution in [1.29, 1.82) is 0 Å². The molecule has 12 heteroatoms. The van der Waals surface area contributed by atoms with E-state index in [9.17, 15) is 9.90 Å². The van der Waals surface area contributed by atoms with E-state index < -0.39 is 13.7 Å². The van der Waals surface area contributed by atoms with Gasteiger partial charge >= 0.3 is 0 Å². The van der Waals surface area contributed by atoms with Crippen LogP contribution in [0.25, 0.3) is 10.8 Å². The number of carbonyl (C=O) groups excluding carboxylic acids is 2. The zero-order chi connectivity index (χ0) is 39.6. The summed E-state index contributed by atoms with van der Waals surface area (Å²) in [7, 11) is -0.715. The molecule has 1 fully saturated rings. The monoisotopic (exact) mass is 797 g/mol. The molecule has 1 N–H and O–H groups in total. The molecule has 3 aliphatic heterocycles. The number of rotatable bonds is 11. The van der Waals surface area contributed by atoms with Crippen LogP contribution < -0.4 is 19.7 Å². The van der Waals surface area contributed by atoms with Gasteiger partial charge in [0.05, 0.1) is 50.5 Å². The second kappa shape index (κ2) is 14.2. The average Bonchev–Trinajstić information content (AvgIpc) is 3.93. The Labute approximate surface area is 337 Å². The van der Waals surface area contributed by atoms with E-state index >= 15 is 4.79 Å². The van der Waals surface area contributed by atoms with Crippen molar-refractivity contribution in [3.63, 3.8) is 0 Å². The summed E-state index contributed by atoms with van der Waals surface area (Å²) in [6, 6.07) is 33.7. The predicted molar refractivity (Wildman–Crippen MR) is 225 cm³/mol. The van der Waals surface area contributed by atoms with Gasteiger partial charge in [0.2, 0.25) is 0 Å². The first-order chi connectivity index (χ1) is 27.5. The van der Waals surface area contributed by atoms with Crippen LogP contribution >= 0.6 is 11.6 Å². The number of hydrogen-bond donors (Lipinski definition) is 1. The fraction of sp³-hybridized carbons (Fsp3) is 0.289. The lowest BCUT2D eigenvalue weighted by Crippen LogP contribution is -2.51. The predicted octanol–water partition coefficient (Wildman–Crippen LogP) is 7.77. The Morgan fingerprint density at radius 3 is 2.49 bits per heavy atom. The average molecular weight is 798 g/mol. The van der Waals surface area contributed by atoms with Crippen LogP contribution in [0.4, 0.5) is 17.1 Å². The molecule has 0 bridgehead atoms. The van der Waals surface area contributed by atoms with Crippen molar-refractivity contribution in [3.8, 4) is 5.75 Å². The van der Waals surface area contributed by atoms with E-state index in [4.69, 9.17) is 21.1 Å². The lowest BCUT2D eigenvalue weighted by Gasteiger charge is -2.37. The van der Waals surface area contributed by atoms with Crippen molar-refractivity contribution in [1.82, 2.24) is 15.0 Å². The summed E-state index contributed by atoms with van der Waals surface area (Å²) < 4.78 is 14.6. The minimum Gasteiger partial charge on any atom is -0.497 e. The minimum absolute atomic E-state index is 0.000227. The maximum Gasteiger partial charge on any atom is 0.264 e. The van der Waals surface area contributed by atoms with Gasteiger partial charge in [-0.2, -0.15) is 0 Å². The van der Waals surface area contributed by atoms with Crippen LogP contribution in [0.15, 0.2) is 109 Å². The van der Waals surface area contributed by atoms with Gasteiger partial charge in [-0.25, -0.2) is 0 Å². The number of methoxy groups -OCH3 is 1. The van der Waals surface area contributed by atoms with Crippen molar-refractivity contribution in [3.05, 3.63) is 137 Å². The first-order valence-corrected chi connectivity index (χ1v) is 22.9. The molecule has 0 unspecified atom stereocenters. The molecular weight excluding hydrogens is 754 g/mol. The SMILES string of the molecule is COc1ccc([Si](C)(C)[C@@H]2[C@@H](CCn3cc(CCO)nn3)O[C@]3(C(=O)N(Cc4cccc(N5C(=O)c6cccc7cccc5c67)c4)c4ccc(Cl)cc43)[C@H]2C)cc1. The summed E-state index contributed by atoms with van der Waals surface area (Å²) in [5, 5.41) is 21.8. The van der Waals surface area contributed by atoms with Crippen molar-refractivity contribution in [2.75, 3.05) is 23.5 Å². The van der Waals surface area contributed by atoms with Crippen molar-refractivity contribution in [2.45, 2.75) is 63.2 Å². The molecule has 9 rings (SSSR count). The zero-order valence-corrected chi connectivity index (χ0v) is 34.1.